The first kappa shape index (κ1) is 10.8. The van der Waals surface area contributed by atoms with Crippen molar-refractivity contribution in [3.05, 3.63) is 18.0 Å². The molecule has 0 radical (unpaired) electrons. The molecule has 0 fully saturated rings. The molecule has 0 aliphatic rings. The van der Waals surface area contributed by atoms with E-state index in [2.05, 4.69) is 18.9 Å². The quantitative estimate of drug-likeness (QED) is 0.782. The maximum absolute atomic E-state index is 10.4. The zero-order chi connectivity index (χ0) is 10.6. The van der Waals surface area contributed by atoms with Gasteiger partial charge in [-0.3, -0.25) is 9.48 Å². The summed E-state index contributed by atoms with van der Waals surface area (Å²) in [5.74, 6) is -0.811. The van der Waals surface area contributed by atoms with Crippen LogP contribution in [0.5, 0.6) is 0 Å². The molecule has 14 heavy (non-hydrogen) atoms. The number of nitrogens with zero attached hydrogens (tertiary/aromatic N) is 2. The van der Waals surface area contributed by atoms with Gasteiger partial charge in [0, 0.05) is 11.8 Å². The molecule has 0 atom stereocenters. The van der Waals surface area contributed by atoms with Gasteiger partial charge in [0.15, 0.2) is 0 Å². The Bertz CT molecular complexity index is 303. The summed E-state index contributed by atoms with van der Waals surface area (Å²) in [4.78, 5) is 10.4. The predicted molar refractivity (Wildman–Crippen MR) is 53.2 cm³/mol. The molecule has 4 nitrogen and oxygen atoms in total. The van der Waals surface area contributed by atoms with Gasteiger partial charge in [0.2, 0.25) is 0 Å². The fourth-order valence-corrected chi connectivity index (χ4v) is 1.51. The van der Waals surface area contributed by atoms with Crippen LogP contribution in [0.2, 0.25) is 0 Å². The van der Waals surface area contributed by atoms with Crippen molar-refractivity contribution in [1.29, 1.82) is 0 Å². The average Bonchev–Trinajstić information content (AvgIpc) is 2.54. The largest absolute Gasteiger partial charge is 0.481 e. The number of aliphatic carboxylic acids is 1. The van der Waals surface area contributed by atoms with Crippen molar-refractivity contribution in [2.45, 2.75) is 39.2 Å². The van der Waals surface area contributed by atoms with Gasteiger partial charge in [-0.2, -0.15) is 5.10 Å². The Kier molecular flexibility index (Phi) is 3.68. The Hall–Kier alpha value is -1.32. The second-order valence-corrected chi connectivity index (χ2v) is 3.37. The maximum Gasteiger partial charge on any atom is 0.307 e. The molecule has 0 amide bonds. The van der Waals surface area contributed by atoms with Gasteiger partial charge in [-0.1, -0.05) is 13.8 Å². The summed E-state index contributed by atoms with van der Waals surface area (Å²) >= 11 is 0. The molecule has 78 valence electrons. The number of aromatic nitrogens is 2. The number of rotatable bonds is 5. The minimum atomic E-state index is -0.811. The molecule has 1 aromatic heterocycles. The molecule has 0 aromatic carbocycles. The van der Waals surface area contributed by atoms with Gasteiger partial charge < -0.3 is 5.11 Å². The van der Waals surface area contributed by atoms with Crippen LogP contribution < -0.4 is 0 Å². The summed E-state index contributed by atoms with van der Waals surface area (Å²) in [5, 5.41) is 12.8. The van der Waals surface area contributed by atoms with Crippen LogP contribution in [-0.4, -0.2) is 20.9 Å². The fraction of sp³-hybridized carbons (Fsp3) is 0.600. The van der Waals surface area contributed by atoms with Gasteiger partial charge in [-0.05, 0) is 12.8 Å². The first-order valence-electron chi connectivity index (χ1n) is 4.92. The van der Waals surface area contributed by atoms with Crippen LogP contribution in [0.25, 0.3) is 0 Å². The molecule has 1 heterocycles. The Morgan fingerprint density at radius 3 is 2.71 bits per heavy atom. The monoisotopic (exact) mass is 196 g/mol. The summed E-state index contributed by atoms with van der Waals surface area (Å²) in [5.41, 5.74) is 0.768. The Labute approximate surface area is 83.5 Å². The van der Waals surface area contributed by atoms with Crippen LogP contribution in [0.1, 0.15) is 38.3 Å². The van der Waals surface area contributed by atoms with Gasteiger partial charge in [0.25, 0.3) is 0 Å². The maximum atomic E-state index is 10.4. The number of carbonyl (C=O) groups is 1. The third-order valence-electron chi connectivity index (χ3n) is 2.33. The zero-order valence-corrected chi connectivity index (χ0v) is 8.60. The van der Waals surface area contributed by atoms with Crippen molar-refractivity contribution >= 4 is 5.97 Å². The van der Waals surface area contributed by atoms with E-state index in [9.17, 15) is 4.79 Å². The summed E-state index contributed by atoms with van der Waals surface area (Å²) in [6.45, 7) is 4.21. The molecule has 0 aliphatic carbocycles. The molecule has 0 bridgehead atoms. The SMILES string of the molecule is CCC(CC)n1cc(CC(=O)O)cn1. The highest BCUT2D eigenvalue weighted by atomic mass is 16.4. The first-order valence-corrected chi connectivity index (χ1v) is 4.92. The highest BCUT2D eigenvalue weighted by Gasteiger charge is 2.09. The third kappa shape index (κ3) is 2.58. The van der Waals surface area contributed by atoms with E-state index >= 15 is 0 Å². The minimum absolute atomic E-state index is 0.0557. The van der Waals surface area contributed by atoms with E-state index < -0.39 is 5.97 Å². The Balaban J connectivity index is 2.71. The second kappa shape index (κ2) is 4.79. The third-order valence-corrected chi connectivity index (χ3v) is 2.33. The summed E-state index contributed by atoms with van der Waals surface area (Å²) in [6.07, 6.45) is 5.55. The molecule has 0 saturated carbocycles. The summed E-state index contributed by atoms with van der Waals surface area (Å²) in [6, 6.07) is 0.387. The van der Waals surface area contributed by atoms with E-state index in [-0.39, 0.29) is 6.42 Å². The molecule has 0 aliphatic heterocycles. The van der Waals surface area contributed by atoms with Gasteiger partial charge in [0.05, 0.1) is 18.7 Å². The molecule has 4 heteroatoms. The molecular formula is C10H16N2O2. The van der Waals surface area contributed by atoms with Crippen LogP contribution >= 0.6 is 0 Å². The van der Waals surface area contributed by atoms with Crippen LogP contribution in [0.3, 0.4) is 0 Å². The van der Waals surface area contributed by atoms with Crippen molar-refractivity contribution in [3.8, 4) is 0 Å². The van der Waals surface area contributed by atoms with Crippen molar-refractivity contribution in [2.75, 3.05) is 0 Å². The van der Waals surface area contributed by atoms with E-state index in [4.69, 9.17) is 5.11 Å². The highest BCUT2D eigenvalue weighted by Crippen LogP contribution is 2.14. The standard InChI is InChI=1S/C10H16N2O2/c1-3-9(4-2)12-7-8(6-11-12)5-10(13)14/h6-7,9H,3-5H2,1-2H3,(H,13,14). The molecule has 1 aromatic rings. The van der Waals surface area contributed by atoms with Gasteiger partial charge in [-0.25, -0.2) is 0 Å². The predicted octanol–water partition coefficient (Wildman–Crippen LogP) is 1.87. The number of carboxylic acid groups (broad SMARTS) is 1. The van der Waals surface area contributed by atoms with Gasteiger partial charge in [-0.15, -0.1) is 0 Å². The molecule has 1 rings (SSSR count). The fourth-order valence-electron chi connectivity index (χ4n) is 1.51. The van der Waals surface area contributed by atoms with Crippen molar-refractivity contribution in [1.82, 2.24) is 9.78 Å². The normalized spacial score (nSPS) is 10.8. The van der Waals surface area contributed by atoms with E-state index in [0.29, 0.717) is 6.04 Å². The van der Waals surface area contributed by atoms with Gasteiger partial charge in [0.1, 0.15) is 0 Å². The van der Waals surface area contributed by atoms with E-state index in [1.54, 1.807) is 6.20 Å². The lowest BCUT2D eigenvalue weighted by Crippen LogP contribution is -2.07. The summed E-state index contributed by atoms with van der Waals surface area (Å²) < 4.78 is 1.86. The molecule has 0 spiro atoms. The number of hydrogen-bond donors (Lipinski definition) is 1. The first-order chi connectivity index (χ1) is 6.67. The van der Waals surface area contributed by atoms with Crippen LogP contribution in [0.4, 0.5) is 0 Å². The topological polar surface area (TPSA) is 55.1 Å². The van der Waals surface area contributed by atoms with Gasteiger partial charge >= 0.3 is 5.97 Å². The minimum Gasteiger partial charge on any atom is -0.481 e. The van der Waals surface area contributed by atoms with Crippen molar-refractivity contribution in [2.24, 2.45) is 0 Å². The molecular weight excluding hydrogens is 180 g/mol. The number of carboxylic acids is 1. The Morgan fingerprint density at radius 2 is 2.21 bits per heavy atom. The lowest BCUT2D eigenvalue weighted by molar-refractivity contribution is -0.136. The van der Waals surface area contributed by atoms with Crippen molar-refractivity contribution in [3.63, 3.8) is 0 Å². The van der Waals surface area contributed by atoms with Crippen LogP contribution in [-0.2, 0) is 11.2 Å². The molecule has 1 N–H and O–H groups in total. The number of hydrogen-bond acceptors (Lipinski definition) is 2. The Morgan fingerprint density at radius 1 is 1.57 bits per heavy atom. The smallest absolute Gasteiger partial charge is 0.307 e. The highest BCUT2D eigenvalue weighted by molar-refractivity contribution is 5.69. The summed E-state index contributed by atoms with van der Waals surface area (Å²) in [7, 11) is 0. The van der Waals surface area contributed by atoms with Crippen LogP contribution in [0, 0.1) is 0 Å². The molecule has 0 unspecified atom stereocenters. The zero-order valence-electron chi connectivity index (χ0n) is 8.60. The lowest BCUT2D eigenvalue weighted by Gasteiger charge is -2.11. The lowest BCUT2D eigenvalue weighted by atomic mass is 10.2. The van der Waals surface area contributed by atoms with E-state index in [1.807, 2.05) is 10.9 Å². The van der Waals surface area contributed by atoms with E-state index in [0.717, 1.165) is 18.4 Å². The van der Waals surface area contributed by atoms with Crippen molar-refractivity contribution < 1.29 is 9.90 Å². The van der Waals surface area contributed by atoms with E-state index in [1.165, 1.54) is 0 Å². The second-order valence-electron chi connectivity index (χ2n) is 3.37. The van der Waals surface area contributed by atoms with Crippen LogP contribution in [0.15, 0.2) is 12.4 Å². The average molecular weight is 196 g/mol. The molecule has 0 saturated heterocycles.